The van der Waals surface area contributed by atoms with Crippen LogP contribution in [-0.2, 0) is 4.79 Å². The Morgan fingerprint density at radius 1 is 1.27 bits per heavy atom. The molecule has 4 nitrogen and oxygen atoms in total. The van der Waals surface area contributed by atoms with E-state index in [0.717, 1.165) is 25.7 Å². The van der Waals surface area contributed by atoms with Gasteiger partial charge in [0.2, 0.25) is 11.8 Å². The Kier molecular flexibility index (Phi) is 4.11. The highest BCUT2D eigenvalue weighted by Crippen LogP contribution is 2.38. The first-order chi connectivity index (χ1) is 10.4. The average molecular weight is 302 g/mol. The lowest BCUT2D eigenvalue weighted by Gasteiger charge is -2.39. The molecule has 0 spiro atoms. The number of carbonyl (C=O) groups excluding carboxylic acids is 1. The maximum atomic E-state index is 12.6. The second-order valence-corrected chi connectivity index (χ2v) is 7.80. The van der Waals surface area contributed by atoms with E-state index in [-0.39, 0.29) is 11.5 Å². The average Bonchev–Trinajstić information content (AvgIpc) is 2.70. The van der Waals surface area contributed by atoms with Gasteiger partial charge in [-0.3, -0.25) is 4.79 Å². The predicted octanol–water partition coefficient (Wildman–Crippen LogP) is 3.42. The van der Waals surface area contributed by atoms with Crippen LogP contribution in [0.3, 0.4) is 0 Å². The Hall–Kier alpha value is -1.58. The molecule has 0 aromatic carbocycles. The molecule has 3 heterocycles. The lowest BCUT2D eigenvalue weighted by molar-refractivity contribution is -0.139. The van der Waals surface area contributed by atoms with E-state index in [1.165, 1.54) is 0 Å². The highest BCUT2D eigenvalue weighted by Gasteiger charge is 2.44. The lowest BCUT2D eigenvalue weighted by Crippen LogP contribution is -2.50. The molecule has 1 aromatic rings. The van der Waals surface area contributed by atoms with E-state index in [2.05, 4.69) is 30.7 Å². The monoisotopic (exact) mass is 302 g/mol. The number of aromatic nitrogens is 1. The van der Waals surface area contributed by atoms with Crippen LogP contribution in [-0.4, -0.2) is 34.0 Å². The molecule has 2 atom stereocenters. The predicted molar refractivity (Wildman–Crippen MR) is 85.6 cm³/mol. The number of ether oxygens (including phenoxy) is 1. The van der Waals surface area contributed by atoms with Crippen LogP contribution in [0, 0.1) is 5.41 Å². The highest BCUT2D eigenvalue weighted by molar-refractivity contribution is 5.78. The van der Waals surface area contributed by atoms with Gasteiger partial charge in [-0.25, -0.2) is 4.98 Å². The summed E-state index contributed by atoms with van der Waals surface area (Å²) in [5.41, 5.74) is 0.0534. The van der Waals surface area contributed by atoms with Crippen molar-refractivity contribution in [3.63, 3.8) is 0 Å². The van der Waals surface area contributed by atoms with E-state index in [1.807, 2.05) is 18.2 Å². The number of nitrogens with zero attached hydrogens (tertiary/aromatic N) is 2. The number of hydrogen-bond acceptors (Lipinski definition) is 3. The minimum atomic E-state index is 0.0534. The van der Waals surface area contributed by atoms with Crippen molar-refractivity contribution in [2.45, 2.75) is 71.1 Å². The summed E-state index contributed by atoms with van der Waals surface area (Å²) >= 11 is 0. The van der Waals surface area contributed by atoms with Gasteiger partial charge in [-0.15, -0.1) is 0 Å². The first-order valence-corrected chi connectivity index (χ1v) is 8.31. The Balaban J connectivity index is 1.63. The minimum Gasteiger partial charge on any atom is -0.474 e. The zero-order chi connectivity index (χ0) is 15.7. The maximum Gasteiger partial charge on any atom is 0.223 e. The molecule has 0 radical (unpaired) electrons. The van der Waals surface area contributed by atoms with Gasteiger partial charge in [-0.2, -0.15) is 0 Å². The molecule has 2 aliphatic heterocycles. The van der Waals surface area contributed by atoms with E-state index in [4.69, 9.17) is 4.74 Å². The number of amides is 1. The van der Waals surface area contributed by atoms with Gasteiger partial charge in [0, 0.05) is 43.6 Å². The molecule has 0 saturated carbocycles. The van der Waals surface area contributed by atoms with E-state index >= 15 is 0 Å². The van der Waals surface area contributed by atoms with E-state index in [1.54, 1.807) is 6.20 Å². The minimum absolute atomic E-state index is 0.0534. The van der Waals surface area contributed by atoms with Gasteiger partial charge in [-0.05, 0) is 24.3 Å². The largest absolute Gasteiger partial charge is 0.474 e. The Labute approximate surface area is 132 Å². The van der Waals surface area contributed by atoms with Gasteiger partial charge in [0.05, 0.1) is 0 Å². The van der Waals surface area contributed by atoms with Crippen molar-refractivity contribution in [1.29, 1.82) is 0 Å². The lowest BCUT2D eigenvalue weighted by atomic mass is 9.90. The SMILES string of the molecule is CC(C)(C)CC(=O)N1C2CCC1CC(Oc1ccccn1)C2. The molecule has 0 aliphatic carbocycles. The fourth-order valence-electron chi connectivity index (χ4n) is 3.76. The van der Waals surface area contributed by atoms with Crippen LogP contribution in [0.4, 0.5) is 0 Å². The van der Waals surface area contributed by atoms with Crippen molar-refractivity contribution >= 4 is 5.91 Å². The molecule has 1 amide bonds. The van der Waals surface area contributed by atoms with Gasteiger partial charge in [0.25, 0.3) is 0 Å². The van der Waals surface area contributed by atoms with Gasteiger partial charge in [-0.1, -0.05) is 26.8 Å². The maximum absolute atomic E-state index is 12.6. The number of carbonyl (C=O) groups is 1. The summed E-state index contributed by atoms with van der Waals surface area (Å²) in [6.45, 7) is 6.39. The first-order valence-electron chi connectivity index (χ1n) is 8.31. The second-order valence-electron chi connectivity index (χ2n) is 7.80. The fourth-order valence-corrected chi connectivity index (χ4v) is 3.76. The summed E-state index contributed by atoms with van der Waals surface area (Å²) in [6.07, 6.45) is 6.67. The summed E-state index contributed by atoms with van der Waals surface area (Å²) in [5, 5.41) is 0. The molecular formula is C18H26N2O2. The third kappa shape index (κ3) is 3.42. The van der Waals surface area contributed by atoms with Gasteiger partial charge >= 0.3 is 0 Å². The number of hydrogen-bond donors (Lipinski definition) is 0. The molecule has 0 N–H and O–H groups in total. The molecule has 1 aromatic heterocycles. The zero-order valence-corrected chi connectivity index (χ0v) is 13.8. The summed E-state index contributed by atoms with van der Waals surface area (Å²) in [7, 11) is 0. The summed E-state index contributed by atoms with van der Waals surface area (Å²) < 4.78 is 6.02. The molecular weight excluding hydrogens is 276 g/mol. The quantitative estimate of drug-likeness (QED) is 0.859. The van der Waals surface area contributed by atoms with Crippen molar-refractivity contribution in [3.05, 3.63) is 24.4 Å². The van der Waals surface area contributed by atoms with Crippen LogP contribution in [0.1, 0.15) is 52.9 Å². The first kappa shape index (κ1) is 15.3. The second kappa shape index (κ2) is 5.90. The van der Waals surface area contributed by atoms with Crippen LogP contribution < -0.4 is 4.74 Å². The van der Waals surface area contributed by atoms with Crippen molar-refractivity contribution in [1.82, 2.24) is 9.88 Å². The molecule has 22 heavy (non-hydrogen) atoms. The summed E-state index contributed by atoms with van der Waals surface area (Å²) in [5.74, 6) is 1.01. The van der Waals surface area contributed by atoms with E-state index in [9.17, 15) is 4.79 Å². The van der Waals surface area contributed by atoms with Crippen LogP contribution in [0.2, 0.25) is 0 Å². The van der Waals surface area contributed by atoms with Crippen molar-refractivity contribution in [3.8, 4) is 5.88 Å². The molecule has 3 rings (SSSR count). The van der Waals surface area contributed by atoms with Gasteiger partial charge < -0.3 is 9.64 Å². The van der Waals surface area contributed by atoms with Crippen LogP contribution in [0.15, 0.2) is 24.4 Å². The van der Waals surface area contributed by atoms with Crippen molar-refractivity contribution in [2.24, 2.45) is 5.41 Å². The number of piperidine rings is 1. The summed E-state index contributed by atoms with van der Waals surface area (Å²) in [4.78, 5) is 19.0. The molecule has 2 unspecified atom stereocenters. The molecule has 2 fully saturated rings. The molecule has 2 saturated heterocycles. The number of fused-ring (bicyclic) bond motifs is 2. The molecule has 2 aliphatic rings. The zero-order valence-electron chi connectivity index (χ0n) is 13.8. The van der Waals surface area contributed by atoms with Gasteiger partial charge in [0.1, 0.15) is 6.10 Å². The van der Waals surface area contributed by atoms with Crippen LogP contribution >= 0.6 is 0 Å². The number of rotatable bonds is 3. The molecule has 120 valence electrons. The standard InChI is InChI=1S/C18H26N2O2/c1-18(2,3)12-17(21)20-13-7-8-14(20)11-15(10-13)22-16-6-4-5-9-19-16/h4-6,9,13-15H,7-8,10-12H2,1-3H3. The highest BCUT2D eigenvalue weighted by atomic mass is 16.5. The van der Waals surface area contributed by atoms with Crippen LogP contribution in [0.25, 0.3) is 0 Å². The molecule has 4 heteroatoms. The number of pyridine rings is 1. The third-order valence-corrected chi connectivity index (χ3v) is 4.58. The van der Waals surface area contributed by atoms with E-state index in [0.29, 0.717) is 30.3 Å². The Morgan fingerprint density at radius 2 is 1.95 bits per heavy atom. The van der Waals surface area contributed by atoms with Crippen molar-refractivity contribution < 1.29 is 9.53 Å². The fraction of sp³-hybridized carbons (Fsp3) is 0.667. The smallest absolute Gasteiger partial charge is 0.223 e. The molecule has 2 bridgehead atoms. The van der Waals surface area contributed by atoms with Gasteiger partial charge in [0.15, 0.2) is 0 Å². The van der Waals surface area contributed by atoms with Crippen LogP contribution in [0.5, 0.6) is 5.88 Å². The normalized spacial score (nSPS) is 27.8. The van der Waals surface area contributed by atoms with E-state index < -0.39 is 0 Å². The third-order valence-electron chi connectivity index (χ3n) is 4.58. The van der Waals surface area contributed by atoms with Crippen molar-refractivity contribution in [2.75, 3.05) is 0 Å². The summed E-state index contributed by atoms with van der Waals surface area (Å²) in [6, 6.07) is 6.44. The Morgan fingerprint density at radius 3 is 2.50 bits per heavy atom. The Bertz CT molecular complexity index is 510. The topological polar surface area (TPSA) is 42.4 Å².